The lowest BCUT2D eigenvalue weighted by atomic mass is 9.97. The molecule has 0 saturated carbocycles. The van der Waals surface area contributed by atoms with Gasteiger partial charge in [0.2, 0.25) is 15.9 Å². The molecule has 0 spiro atoms. The van der Waals surface area contributed by atoms with Crippen LogP contribution in [0.25, 0.3) is 0 Å². The van der Waals surface area contributed by atoms with Crippen LogP contribution in [0.4, 0.5) is 0 Å². The predicted octanol–water partition coefficient (Wildman–Crippen LogP) is 3.87. The van der Waals surface area contributed by atoms with Crippen LogP contribution >= 0.6 is 11.6 Å². The van der Waals surface area contributed by atoms with Gasteiger partial charge < -0.3 is 15.2 Å². The minimum atomic E-state index is -4.02. The number of carbonyl (C=O) groups excluding carboxylic acids is 1. The van der Waals surface area contributed by atoms with E-state index in [2.05, 4.69) is 5.32 Å². The molecule has 0 aromatic heterocycles. The Morgan fingerprint density at radius 3 is 2.43 bits per heavy atom. The second kappa shape index (κ2) is 10.2. The van der Waals surface area contributed by atoms with Crippen LogP contribution in [-0.4, -0.2) is 53.4 Å². The van der Waals surface area contributed by atoms with Gasteiger partial charge in [-0.3, -0.25) is 4.79 Å². The van der Waals surface area contributed by atoms with Crippen LogP contribution in [0.5, 0.6) is 5.75 Å². The number of nitrogens with one attached hydrogen (secondary N) is 1. The van der Waals surface area contributed by atoms with Crippen LogP contribution in [0.1, 0.15) is 46.1 Å². The van der Waals surface area contributed by atoms with Crippen molar-refractivity contribution < 1.29 is 27.9 Å². The van der Waals surface area contributed by atoms with Crippen molar-refractivity contribution in [2.45, 2.75) is 69.0 Å². The Morgan fingerprint density at radius 2 is 1.86 bits per heavy atom. The standard InChI is InChI=1S/C25H31ClN2O6S/c1-24(2,3)34-19-11-9-17(10-12-19)15-21(22(29)30)27-23(31)25(4)13-6-14-28(25)35(32,33)20-8-5-7-18(26)16-20/h5,7-12,16,21H,6,13-15H2,1-4H3,(H,27,31)(H,29,30)/t21?,25-/m0/s1. The summed E-state index contributed by atoms with van der Waals surface area (Å²) in [6.07, 6.45) is 0.772. The second-order valence-electron chi connectivity index (χ2n) is 9.84. The third-order valence-corrected chi connectivity index (χ3v) is 8.09. The van der Waals surface area contributed by atoms with Crippen molar-refractivity contribution in [1.29, 1.82) is 0 Å². The molecule has 1 aliphatic rings. The minimum absolute atomic E-state index is 0.0155. The molecule has 2 N–H and O–H groups in total. The van der Waals surface area contributed by atoms with Gasteiger partial charge in [0.15, 0.2) is 0 Å². The molecule has 1 aliphatic heterocycles. The fourth-order valence-corrected chi connectivity index (χ4v) is 6.21. The normalized spacial score (nSPS) is 19.8. The topological polar surface area (TPSA) is 113 Å². The predicted molar refractivity (Wildman–Crippen MR) is 133 cm³/mol. The molecule has 35 heavy (non-hydrogen) atoms. The highest BCUT2D eigenvalue weighted by molar-refractivity contribution is 7.89. The summed E-state index contributed by atoms with van der Waals surface area (Å²) in [5.74, 6) is -1.21. The van der Waals surface area contributed by atoms with Crippen molar-refractivity contribution in [1.82, 2.24) is 9.62 Å². The van der Waals surface area contributed by atoms with E-state index in [1.807, 2.05) is 20.8 Å². The zero-order valence-electron chi connectivity index (χ0n) is 20.2. The maximum atomic E-state index is 13.3. The Balaban J connectivity index is 1.78. The number of carbonyl (C=O) groups is 2. The molecular formula is C25H31ClN2O6S. The van der Waals surface area contributed by atoms with E-state index >= 15 is 0 Å². The minimum Gasteiger partial charge on any atom is -0.488 e. The molecule has 1 heterocycles. The van der Waals surface area contributed by atoms with Crippen LogP contribution in [0.15, 0.2) is 53.4 Å². The summed E-state index contributed by atoms with van der Waals surface area (Å²) >= 11 is 5.98. The molecule has 10 heteroatoms. The maximum Gasteiger partial charge on any atom is 0.326 e. The van der Waals surface area contributed by atoms with E-state index in [4.69, 9.17) is 16.3 Å². The first-order valence-corrected chi connectivity index (χ1v) is 13.1. The molecule has 2 atom stereocenters. The molecule has 1 unspecified atom stereocenters. The van der Waals surface area contributed by atoms with Gasteiger partial charge in [-0.15, -0.1) is 0 Å². The monoisotopic (exact) mass is 522 g/mol. The molecule has 1 amide bonds. The van der Waals surface area contributed by atoms with Crippen molar-refractivity contribution in [3.05, 3.63) is 59.1 Å². The van der Waals surface area contributed by atoms with E-state index < -0.39 is 33.5 Å². The number of hydrogen-bond donors (Lipinski definition) is 2. The molecule has 2 aromatic carbocycles. The summed E-state index contributed by atoms with van der Waals surface area (Å²) in [6, 6.07) is 11.6. The summed E-state index contributed by atoms with van der Waals surface area (Å²) in [5.41, 5.74) is -1.11. The molecule has 1 saturated heterocycles. The Kier molecular flexibility index (Phi) is 7.83. The number of carboxylic acids is 1. The molecule has 2 aromatic rings. The highest BCUT2D eigenvalue weighted by Gasteiger charge is 2.50. The molecule has 190 valence electrons. The average Bonchev–Trinajstić information content (AvgIpc) is 3.17. The quantitative estimate of drug-likeness (QED) is 0.544. The van der Waals surface area contributed by atoms with Crippen LogP contribution in [0.2, 0.25) is 5.02 Å². The van der Waals surface area contributed by atoms with E-state index in [-0.39, 0.29) is 34.9 Å². The van der Waals surface area contributed by atoms with Crippen molar-refractivity contribution in [2.24, 2.45) is 0 Å². The molecule has 3 rings (SSSR count). The molecule has 0 aliphatic carbocycles. The first-order chi connectivity index (χ1) is 16.2. The van der Waals surface area contributed by atoms with Crippen molar-refractivity contribution in [2.75, 3.05) is 6.54 Å². The Morgan fingerprint density at radius 1 is 1.20 bits per heavy atom. The van der Waals surface area contributed by atoms with Gasteiger partial charge in [-0.1, -0.05) is 29.8 Å². The second-order valence-corrected chi connectivity index (χ2v) is 12.1. The zero-order valence-corrected chi connectivity index (χ0v) is 21.8. The lowest BCUT2D eigenvalue weighted by Crippen LogP contribution is -2.58. The van der Waals surface area contributed by atoms with Crippen LogP contribution in [0, 0.1) is 0 Å². The molecule has 1 fully saturated rings. The van der Waals surface area contributed by atoms with E-state index in [9.17, 15) is 23.1 Å². The van der Waals surface area contributed by atoms with E-state index in [0.717, 1.165) is 4.31 Å². The Labute approximate surface area is 211 Å². The van der Waals surface area contributed by atoms with Crippen molar-refractivity contribution >= 4 is 33.5 Å². The third kappa shape index (κ3) is 6.34. The molecule has 0 bridgehead atoms. The lowest BCUT2D eigenvalue weighted by molar-refractivity contribution is -0.143. The number of halogens is 1. The SMILES string of the molecule is CC(C)(C)Oc1ccc(CC(NC(=O)[C@]2(C)CCCN2S(=O)(=O)c2cccc(Cl)c2)C(=O)O)cc1. The van der Waals surface area contributed by atoms with Gasteiger partial charge in [0.1, 0.15) is 22.9 Å². The number of ether oxygens (including phenoxy) is 1. The van der Waals surface area contributed by atoms with Gasteiger partial charge in [0, 0.05) is 18.0 Å². The Hall–Kier alpha value is -2.62. The highest BCUT2D eigenvalue weighted by atomic mass is 35.5. The summed E-state index contributed by atoms with van der Waals surface area (Å²) in [6.45, 7) is 7.45. The molecule has 0 radical (unpaired) electrons. The largest absolute Gasteiger partial charge is 0.488 e. The first-order valence-electron chi connectivity index (χ1n) is 11.3. The van der Waals surface area contributed by atoms with Gasteiger partial charge in [-0.05, 0) is 76.4 Å². The summed E-state index contributed by atoms with van der Waals surface area (Å²) in [4.78, 5) is 25.3. The molecular weight excluding hydrogens is 492 g/mol. The first kappa shape index (κ1) is 27.0. The molecule has 8 nitrogen and oxygen atoms in total. The van der Waals surface area contributed by atoms with Crippen molar-refractivity contribution in [3.63, 3.8) is 0 Å². The number of amides is 1. The number of sulfonamides is 1. The van der Waals surface area contributed by atoms with Gasteiger partial charge in [-0.2, -0.15) is 4.31 Å². The van der Waals surface area contributed by atoms with Crippen molar-refractivity contribution in [3.8, 4) is 5.75 Å². The van der Waals surface area contributed by atoms with E-state index in [0.29, 0.717) is 17.7 Å². The smallest absolute Gasteiger partial charge is 0.326 e. The number of aliphatic carboxylic acids is 1. The summed E-state index contributed by atoms with van der Waals surface area (Å²) in [5, 5.41) is 12.6. The number of hydrogen-bond acceptors (Lipinski definition) is 5. The van der Waals surface area contributed by atoms with Gasteiger partial charge >= 0.3 is 5.97 Å². The number of nitrogens with zero attached hydrogens (tertiary/aromatic N) is 1. The van der Waals surface area contributed by atoms with Gasteiger partial charge in [0.05, 0.1) is 4.90 Å². The number of rotatable bonds is 8. The van der Waals surface area contributed by atoms with Gasteiger partial charge in [0.25, 0.3) is 0 Å². The Bertz CT molecular complexity index is 1190. The third-order valence-electron chi connectivity index (χ3n) is 5.84. The van der Waals surface area contributed by atoms with E-state index in [1.165, 1.54) is 25.1 Å². The summed E-state index contributed by atoms with van der Waals surface area (Å²) in [7, 11) is -4.02. The van der Waals surface area contributed by atoms with Crippen LogP contribution < -0.4 is 10.1 Å². The van der Waals surface area contributed by atoms with E-state index in [1.54, 1.807) is 30.3 Å². The van der Waals surface area contributed by atoms with Crippen LogP contribution in [-0.2, 0) is 26.0 Å². The fraction of sp³-hybridized carbons (Fsp3) is 0.440. The lowest BCUT2D eigenvalue weighted by Gasteiger charge is -2.34. The number of benzene rings is 2. The number of carboxylic acid groups (broad SMARTS) is 1. The highest BCUT2D eigenvalue weighted by Crippen LogP contribution is 2.35. The maximum absolute atomic E-state index is 13.3. The van der Waals surface area contributed by atoms with Crippen LogP contribution in [0.3, 0.4) is 0 Å². The fourth-order valence-electron chi connectivity index (χ4n) is 4.10. The average molecular weight is 523 g/mol. The zero-order chi connectivity index (χ0) is 26.0. The summed E-state index contributed by atoms with van der Waals surface area (Å²) < 4.78 is 33.5. The van der Waals surface area contributed by atoms with Gasteiger partial charge in [-0.25, -0.2) is 13.2 Å².